The third kappa shape index (κ3) is 2.40. The number of nitrogens with one attached hydrogen (secondary N) is 1. The predicted octanol–water partition coefficient (Wildman–Crippen LogP) is 2.60. The van der Waals surface area contributed by atoms with Gasteiger partial charge in [0.2, 0.25) is 0 Å². The van der Waals surface area contributed by atoms with E-state index in [-0.39, 0.29) is 11.9 Å². The molecule has 6 nitrogen and oxygen atoms in total. The highest BCUT2D eigenvalue weighted by Crippen LogP contribution is 2.31. The number of aromatic nitrogens is 3. The summed E-state index contributed by atoms with van der Waals surface area (Å²) in [5, 5.41) is 7.50. The number of hydrogen-bond donors (Lipinski definition) is 1. The SMILES string of the molecule is Cc1cc2ncc(C(=O)N[C@H]3CCOc4ccccc43)c(C)n2n1. The maximum absolute atomic E-state index is 12.8. The molecule has 6 heteroatoms. The van der Waals surface area contributed by atoms with Crippen LogP contribution in [0.25, 0.3) is 5.65 Å². The van der Waals surface area contributed by atoms with Crippen molar-refractivity contribution in [1.29, 1.82) is 0 Å². The van der Waals surface area contributed by atoms with Gasteiger partial charge in [-0.25, -0.2) is 9.50 Å². The van der Waals surface area contributed by atoms with E-state index in [1.165, 1.54) is 0 Å². The van der Waals surface area contributed by atoms with Crippen LogP contribution >= 0.6 is 0 Å². The number of hydrogen-bond acceptors (Lipinski definition) is 4. The van der Waals surface area contributed by atoms with Crippen molar-refractivity contribution in [3.8, 4) is 5.75 Å². The van der Waals surface area contributed by atoms with E-state index in [9.17, 15) is 4.79 Å². The summed E-state index contributed by atoms with van der Waals surface area (Å²) in [6.45, 7) is 4.39. The molecule has 0 saturated carbocycles. The van der Waals surface area contributed by atoms with E-state index in [4.69, 9.17) is 4.74 Å². The smallest absolute Gasteiger partial charge is 0.255 e. The third-order valence-corrected chi connectivity index (χ3v) is 4.35. The van der Waals surface area contributed by atoms with Gasteiger partial charge in [0.05, 0.1) is 29.6 Å². The average Bonchev–Trinajstić information content (AvgIpc) is 2.97. The molecule has 122 valence electrons. The number of aryl methyl sites for hydroxylation is 2. The molecular formula is C18H18N4O2. The average molecular weight is 322 g/mol. The highest BCUT2D eigenvalue weighted by molar-refractivity contribution is 5.95. The van der Waals surface area contributed by atoms with Crippen LogP contribution in [0.4, 0.5) is 0 Å². The number of nitrogens with zero attached hydrogens (tertiary/aromatic N) is 3. The van der Waals surface area contributed by atoms with Crippen LogP contribution in [-0.4, -0.2) is 27.1 Å². The van der Waals surface area contributed by atoms with Gasteiger partial charge < -0.3 is 10.1 Å². The molecule has 1 aromatic carbocycles. The Morgan fingerprint density at radius 2 is 2.17 bits per heavy atom. The lowest BCUT2D eigenvalue weighted by Crippen LogP contribution is -2.33. The minimum Gasteiger partial charge on any atom is -0.493 e. The van der Waals surface area contributed by atoms with Crippen molar-refractivity contribution < 1.29 is 9.53 Å². The normalized spacial score (nSPS) is 16.5. The van der Waals surface area contributed by atoms with Gasteiger partial charge in [0.15, 0.2) is 5.65 Å². The number of fused-ring (bicyclic) bond motifs is 2. The van der Waals surface area contributed by atoms with Gasteiger partial charge in [-0.1, -0.05) is 18.2 Å². The lowest BCUT2D eigenvalue weighted by Gasteiger charge is -2.26. The first-order valence-corrected chi connectivity index (χ1v) is 7.98. The van der Waals surface area contributed by atoms with Crippen LogP contribution in [0.1, 0.15) is 39.8 Å². The van der Waals surface area contributed by atoms with Crippen molar-refractivity contribution in [1.82, 2.24) is 19.9 Å². The zero-order chi connectivity index (χ0) is 16.7. The highest BCUT2D eigenvalue weighted by Gasteiger charge is 2.24. The maximum atomic E-state index is 12.8. The quantitative estimate of drug-likeness (QED) is 0.787. The van der Waals surface area contributed by atoms with Crippen LogP contribution in [0.3, 0.4) is 0 Å². The van der Waals surface area contributed by atoms with Crippen LogP contribution in [-0.2, 0) is 0 Å². The lowest BCUT2D eigenvalue weighted by atomic mass is 10.00. The fourth-order valence-electron chi connectivity index (χ4n) is 3.11. The molecule has 0 saturated heterocycles. The molecule has 0 fully saturated rings. The Hall–Kier alpha value is -2.89. The van der Waals surface area contributed by atoms with Gasteiger partial charge in [-0.15, -0.1) is 0 Å². The Bertz CT molecular complexity index is 932. The largest absolute Gasteiger partial charge is 0.493 e. The summed E-state index contributed by atoms with van der Waals surface area (Å²) >= 11 is 0. The van der Waals surface area contributed by atoms with Gasteiger partial charge in [0, 0.05) is 24.2 Å². The third-order valence-electron chi connectivity index (χ3n) is 4.35. The number of ether oxygens (including phenoxy) is 1. The van der Waals surface area contributed by atoms with E-state index < -0.39 is 0 Å². The number of amides is 1. The summed E-state index contributed by atoms with van der Waals surface area (Å²) in [5.41, 5.74) is 3.96. The van der Waals surface area contributed by atoms with Crippen LogP contribution in [0, 0.1) is 13.8 Å². The van der Waals surface area contributed by atoms with Crippen molar-refractivity contribution in [2.45, 2.75) is 26.3 Å². The fraction of sp³-hybridized carbons (Fsp3) is 0.278. The second-order valence-corrected chi connectivity index (χ2v) is 6.01. The lowest BCUT2D eigenvalue weighted by molar-refractivity contribution is 0.0923. The van der Waals surface area contributed by atoms with E-state index >= 15 is 0 Å². The molecule has 24 heavy (non-hydrogen) atoms. The molecule has 3 aromatic rings. The van der Waals surface area contributed by atoms with Crippen molar-refractivity contribution in [2.24, 2.45) is 0 Å². The topological polar surface area (TPSA) is 68.5 Å². The first kappa shape index (κ1) is 14.7. The van der Waals surface area contributed by atoms with Gasteiger partial charge in [-0.3, -0.25) is 4.79 Å². The summed E-state index contributed by atoms with van der Waals surface area (Å²) in [7, 11) is 0. The number of benzene rings is 1. The molecule has 2 aromatic heterocycles. The Kier molecular flexibility index (Phi) is 3.45. The summed E-state index contributed by atoms with van der Waals surface area (Å²) in [6, 6.07) is 9.65. The predicted molar refractivity (Wildman–Crippen MR) is 89.2 cm³/mol. The summed E-state index contributed by atoms with van der Waals surface area (Å²) in [4.78, 5) is 17.1. The second kappa shape index (κ2) is 5.63. The van der Waals surface area contributed by atoms with Gasteiger partial charge in [0.25, 0.3) is 5.91 Å². The highest BCUT2D eigenvalue weighted by atomic mass is 16.5. The molecule has 1 aliphatic heterocycles. The molecule has 1 amide bonds. The van der Waals surface area contributed by atoms with Gasteiger partial charge in [0.1, 0.15) is 5.75 Å². The van der Waals surface area contributed by atoms with E-state index in [1.807, 2.05) is 44.2 Å². The number of rotatable bonds is 2. The van der Waals surface area contributed by atoms with E-state index in [0.717, 1.165) is 34.8 Å². The Morgan fingerprint density at radius 1 is 1.33 bits per heavy atom. The second-order valence-electron chi connectivity index (χ2n) is 6.01. The number of para-hydroxylation sites is 1. The molecule has 1 atom stereocenters. The molecule has 0 radical (unpaired) electrons. The van der Waals surface area contributed by atoms with E-state index in [1.54, 1.807) is 10.7 Å². The molecule has 0 spiro atoms. The zero-order valence-corrected chi connectivity index (χ0v) is 13.6. The molecule has 0 aliphatic carbocycles. The standard InChI is InChI=1S/C18H18N4O2/c1-11-9-17-19-10-14(12(2)22(17)21-11)18(23)20-15-7-8-24-16-6-4-3-5-13(15)16/h3-6,9-10,15H,7-8H2,1-2H3,(H,20,23)/t15-/m0/s1. The first-order valence-electron chi connectivity index (χ1n) is 7.98. The van der Waals surface area contributed by atoms with Crippen molar-refractivity contribution in [3.05, 3.63) is 59.0 Å². The van der Waals surface area contributed by atoms with Crippen molar-refractivity contribution >= 4 is 11.6 Å². The monoisotopic (exact) mass is 322 g/mol. The van der Waals surface area contributed by atoms with Gasteiger partial charge in [-0.05, 0) is 19.9 Å². The van der Waals surface area contributed by atoms with E-state index in [0.29, 0.717) is 12.2 Å². The van der Waals surface area contributed by atoms with Crippen molar-refractivity contribution in [2.75, 3.05) is 6.61 Å². The summed E-state index contributed by atoms with van der Waals surface area (Å²) < 4.78 is 7.36. The van der Waals surface area contributed by atoms with Gasteiger partial charge in [-0.2, -0.15) is 5.10 Å². The Balaban J connectivity index is 1.65. The molecule has 3 heterocycles. The number of carbonyl (C=O) groups is 1. The van der Waals surface area contributed by atoms with Gasteiger partial charge >= 0.3 is 0 Å². The van der Waals surface area contributed by atoms with E-state index in [2.05, 4.69) is 15.4 Å². The minimum atomic E-state index is -0.142. The Labute approximate surface area is 139 Å². The molecule has 0 unspecified atom stereocenters. The molecule has 0 bridgehead atoms. The van der Waals surface area contributed by atoms with Crippen molar-refractivity contribution in [3.63, 3.8) is 0 Å². The minimum absolute atomic E-state index is 0.0584. The number of carbonyl (C=O) groups excluding carboxylic acids is 1. The van der Waals surface area contributed by atoms with Crippen LogP contribution in [0.2, 0.25) is 0 Å². The zero-order valence-electron chi connectivity index (χ0n) is 13.6. The molecule has 4 rings (SSSR count). The van der Waals surface area contributed by atoms with Crippen LogP contribution in [0.15, 0.2) is 36.5 Å². The molecule has 1 aliphatic rings. The first-order chi connectivity index (χ1) is 11.6. The summed E-state index contributed by atoms with van der Waals surface area (Å²) in [5.74, 6) is 0.693. The molecule has 1 N–H and O–H groups in total. The maximum Gasteiger partial charge on any atom is 0.255 e. The fourth-order valence-corrected chi connectivity index (χ4v) is 3.11. The molecular weight excluding hydrogens is 304 g/mol. The summed E-state index contributed by atoms with van der Waals surface area (Å²) in [6.07, 6.45) is 2.37. The van der Waals surface area contributed by atoms with Crippen LogP contribution in [0.5, 0.6) is 5.75 Å². The Morgan fingerprint density at radius 3 is 3.04 bits per heavy atom. The van der Waals surface area contributed by atoms with Crippen LogP contribution < -0.4 is 10.1 Å².